The molecule has 5 nitrogen and oxygen atoms in total. The van der Waals surface area contributed by atoms with Gasteiger partial charge in [-0.2, -0.15) is 0 Å². The fourth-order valence-electron chi connectivity index (χ4n) is 1.80. The summed E-state index contributed by atoms with van der Waals surface area (Å²) < 4.78 is 0. The van der Waals surface area contributed by atoms with Crippen molar-refractivity contribution in [3.63, 3.8) is 0 Å². The Morgan fingerprint density at radius 3 is 2.40 bits per heavy atom. The molecule has 0 radical (unpaired) electrons. The summed E-state index contributed by atoms with van der Waals surface area (Å²) in [6.07, 6.45) is -1.52. The number of amides is 1. The van der Waals surface area contributed by atoms with Crippen molar-refractivity contribution in [1.82, 2.24) is 5.32 Å². The molecular weight excluding hydrogens is 198 g/mol. The summed E-state index contributed by atoms with van der Waals surface area (Å²) in [5.74, 6) is -0.648. The van der Waals surface area contributed by atoms with Crippen molar-refractivity contribution >= 4 is 5.91 Å². The Morgan fingerprint density at radius 1 is 1.40 bits per heavy atom. The Morgan fingerprint density at radius 2 is 2.00 bits per heavy atom. The first-order chi connectivity index (χ1) is 6.97. The maximum Gasteiger partial charge on any atom is 0.222 e. The molecule has 0 unspecified atom stereocenters. The van der Waals surface area contributed by atoms with Crippen LogP contribution < -0.4 is 5.32 Å². The lowest BCUT2D eigenvalue weighted by Gasteiger charge is -2.19. The largest absolute Gasteiger partial charge is 0.396 e. The quantitative estimate of drug-likeness (QED) is 0.481. The van der Waals surface area contributed by atoms with Gasteiger partial charge in [0.2, 0.25) is 5.91 Å². The molecule has 4 N–H and O–H groups in total. The van der Waals surface area contributed by atoms with Gasteiger partial charge in [-0.15, -0.1) is 0 Å². The Labute approximate surface area is 89.1 Å². The van der Waals surface area contributed by atoms with E-state index in [9.17, 15) is 15.0 Å². The molecular formula is C10H19NO4. The van der Waals surface area contributed by atoms with Gasteiger partial charge in [0.15, 0.2) is 0 Å². The molecule has 4 atom stereocenters. The Hall–Kier alpha value is -0.650. The zero-order chi connectivity index (χ0) is 11.6. The van der Waals surface area contributed by atoms with Crippen LogP contribution in [0.1, 0.15) is 20.3 Å². The van der Waals surface area contributed by atoms with Crippen molar-refractivity contribution in [3.8, 4) is 0 Å². The summed E-state index contributed by atoms with van der Waals surface area (Å²) in [4.78, 5) is 11.4. The zero-order valence-electron chi connectivity index (χ0n) is 9.05. The molecule has 0 saturated heterocycles. The lowest BCUT2D eigenvalue weighted by molar-refractivity contribution is -0.125. The maximum atomic E-state index is 11.4. The molecule has 88 valence electrons. The van der Waals surface area contributed by atoms with E-state index in [4.69, 9.17) is 5.11 Å². The fraction of sp³-hybridized carbons (Fsp3) is 0.900. The molecule has 1 saturated carbocycles. The highest BCUT2D eigenvalue weighted by Gasteiger charge is 2.41. The third-order valence-electron chi connectivity index (χ3n) is 2.89. The van der Waals surface area contributed by atoms with Crippen LogP contribution in [-0.4, -0.2) is 46.1 Å². The van der Waals surface area contributed by atoms with E-state index in [0.29, 0.717) is 6.42 Å². The van der Waals surface area contributed by atoms with E-state index >= 15 is 0 Å². The molecule has 5 heteroatoms. The molecule has 0 heterocycles. The molecule has 1 aliphatic carbocycles. The zero-order valence-corrected chi connectivity index (χ0v) is 9.05. The van der Waals surface area contributed by atoms with E-state index < -0.39 is 18.2 Å². The number of hydrogen-bond donors (Lipinski definition) is 4. The Balaban J connectivity index is 2.54. The van der Waals surface area contributed by atoms with Gasteiger partial charge in [-0.25, -0.2) is 0 Å². The summed E-state index contributed by atoms with van der Waals surface area (Å²) in [5, 5.41) is 30.7. The number of hydrogen-bond acceptors (Lipinski definition) is 4. The highest BCUT2D eigenvalue weighted by atomic mass is 16.3. The van der Waals surface area contributed by atoms with Gasteiger partial charge in [0.25, 0.3) is 0 Å². The van der Waals surface area contributed by atoms with Gasteiger partial charge in [0.1, 0.15) is 6.10 Å². The average molecular weight is 217 g/mol. The van der Waals surface area contributed by atoms with Gasteiger partial charge in [-0.1, -0.05) is 13.8 Å². The van der Waals surface area contributed by atoms with Crippen LogP contribution >= 0.6 is 0 Å². The first kappa shape index (κ1) is 12.4. The SMILES string of the molecule is CC(C)C(=O)N[C@H]1C[C@@H](CO)[C@H](O)[C@@H]1O. The topological polar surface area (TPSA) is 89.8 Å². The summed E-state index contributed by atoms with van der Waals surface area (Å²) in [5.41, 5.74) is 0. The minimum absolute atomic E-state index is 0.148. The standard InChI is InChI=1S/C10H19NO4/c1-5(2)10(15)11-7-3-6(4-12)8(13)9(7)14/h5-9,12-14H,3-4H2,1-2H3,(H,11,15)/t6-,7-,8-,9+/m0/s1. The minimum atomic E-state index is -0.982. The maximum absolute atomic E-state index is 11.4. The monoisotopic (exact) mass is 217 g/mol. The molecule has 0 bridgehead atoms. The molecule has 15 heavy (non-hydrogen) atoms. The van der Waals surface area contributed by atoms with Gasteiger partial charge in [0.05, 0.1) is 12.1 Å². The van der Waals surface area contributed by atoms with Crippen LogP contribution in [0.2, 0.25) is 0 Å². The summed E-state index contributed by atoms with van der Waals surface area (Å²) in [6.45, 7) is 3.35. The van der Waals surface area contributed by atoms with E-state index in [1.807, 2.05) is 0 Å². The normalized spacial score (nSPS) is 35.9. The number of carbonyl (C=O) groups is 1. The van der Waals surface area contributed by atoms with E-state index in [-0.39, 0.29) is 24.3 Å². The fourth-order valence-corrected chi connectivity index (χ4v) is 1.80. The molecule has 0 spiro atoms. The predicted molar refractivity (Wildman–Crippen MR) is 54.0 cm³/mol. The number of rotatable bonds is 3. The van der Waals surface area contributed by atoms with Crippen molar-refractivity contribution < 1.29 is 20.1 Å². The second-order valence-corrected chi connectivity index (χ2v) is 4.43. The molecule has 1 rings (SSSR count). The van der Waals surface area contributed by atoms with Crippen molar-refractivity contribution in [2.45, 2.75) is 38.5 Å². The lowest BCUT2D eigenvalue weighted by Crippen LogP contribution is -2.44. The van der Waals surface area contributed by atoms with Gasteiger partial charge >= 0.3 is 0 Å². The molecule has 0 aromatic heterocycles. The molecule has 0 aromatic carbocycles. The van der Waals surface area contributed by atoms with E-state index in [2.05, 4.69) is 5.32 Å². The predicted octanol–water partition coefficient (Wildman–Crippen LogP) is -1.14. The molecule has 0 aromatic rings. The smallest absolute Gasteiger partial charge is 0.222 e. The number of aliphatic hydroxyl groups is 3. The van der Waals surface area contributed by atoms with E-state index in [1.165, 1.54) is 0 Å². The van der Waals surface area contributed by atoms with Gasteiger partial charge < -0.3 is 20.6 Å². The van der Waals surface area contributed by atoms with Gasteiger partial charge in [-0.3, -0.25) is 4.79 Å². The van der Waals surface area contributed by atoms with Crippen LogP contribution in [0.3, 0.4) is 0 Å². The van der Waals surface area contributed by atoms with Crippen LogP contribution in [0, 0.1) is 11.8 Å². The molecule has 0 aliphatic heterocycles. The summed E-state index contributed by atoms with van der Waals surface area (Å²) in [7, 11) is 0. The molecule has 1 fully saturated rings. The highest BCUT2D eigenvalue weighted by Crippen LogP contribution is 2.26. The summed E-state index contributed by atoms with van der Waals surface area (Å²) in [6, 6.07) is -0.452. The lowest BCUT2D eigenvalue weighted by atomic mass is 10.1. The van der Waals surface area contributed by atoms with Crippen LogP contribution in [0.25, 0.3) is 0 Å². The van der Waals surface area contributed by atoms with Gasteiger partial charge in [-0.05, 0) is 6.42 Å². The number of nitrogens with one attached hydrogen (secondary N) is 1. The van der Waals surface area contributed by atoms with Crippen LogP contribution in [0.5, 0.6) is 0 Å². The molecule has 1 amide bonds. The van der Waals surface area contributed by atoms with Crippen molar-refractivity contribution in [1.29, 1.82) is 0 Å². The third kappa shape index (κ3) is 2.68. The average Bonchev–Trinajstić information content (AvgIpc) is 2.45. The third-order valence-corrected chi connectivity index (χ3v) is 2.89. The van der Waals surface area contributed by atoms with Crippen molar-refractivity contribution in [2.24, 2.45) is 11.8 Å². The first-order valence-corrected chi connectivity index (χ1v) is 5.24. The second kappa shape index (κ2) is 4.92. The van der Waals surface area contributed by atoms with E-state index in [1.54, 1.807) is 13.8 Å². The minimum Gasteiger partial charge on any atom is -0.396 e. The highest BCUT2D eigenvalue weighted by molar-refractivity contribution is 5.78. The molecule has 1 aliphatic rings. The summed E-state index contributed by atoms with van der Waals surface area (Å²) >= 11 is 0. The van der Waals surface area contributed by atoms with Crippen LogP contribution in [-0.2, 0) is 4.79 Å². The van der Waals surface area contributed by atoms with Crippen LogP contribution in [0.15, 0.2) is 0 Å². The van der Waals surface area contributed by atoms with Gasteiger partial charge in [0, 0.05) is 18.4 Å². The second-order valence-electron chi connectivity index (χ2n) is 4.43. The number of aliphatic hydroxyl groups excluding tert-OH is 3. The van der Waals surface area contributed by atoms with Crippen LogP contribution in [0.4, 0.5) is 0 Å². The number of carbonyl (C=O) groups excluding carboxylic acids is 1. The van der Waals surface area contributed by atoms with Crippen molar-refractivity contribution in [2.75, 3.05) is 6.61 Å². The Bertz CT molecular complexity index is 231. The van der Waals surface area contributed by atoms with E-state index in [0.717, 1.165) is 0 Å². The first-order valence-electron chi connectivity index (χ1n) is 5.24. The Kier molecular flexibility index (Phi) is 4.07. The van der Waals surface area contributed by atoms with Crippen molar-refractivity contribution in [3.05, 3.63) is 0 Å².